The van der Waals surface area contributed by atoms with Gasteiger partial charge in [-0.3, -0.25) is 15.1 Å². The van der Waals surface area contributed by atoms with Gasteiger partial charge in [-0.15, -0.1) is 0 Å². The predicted octanol–water partition coefficient (Wildman–Crippen LogP) is -0.266. The molecule has 5 nitrogen and oxygen atoms in total. The Hall–Kier alpha value is -0.970. The van der Waals surface area contributed by atoms with Crippen molar-refractivity contribution in [3.8, 4) is 0 Å². The summed E-state index contributed by atoms with van der Waals surface area (Å²) in [5.41, 5.74) is 0.538. The van der Waals surface area contributed by atoms with Crippen LogP contribution in [0.4, 0.5) is 0 Å². The monoisotopic (exact) mass is 144 g/mol. The van der Waals surface area contributed by atoms with Gasteiger partial charge in [0, 0.05) is 4.92 Å². The molecule has 1 aliphatic heterocycles. The topological polar surface area (TPSA) is 64.7 Å². The molecule has 0 aromatic rings. The molecule has 5 heteroatoms. The van der Waals surface area contributed by atoms with E-state index < -0.39 is 4.92 Å². The van der Waals surface area contributed by atoms with E-state index in [-0.39, 0.29) is 6.54 Å². The summed E-state index contributed by atoms with van der Waals surface area (Å²) >= 11 is 0. The van der Waals surface area contributed by atoms with Crippen molar-refractivity contribution >= 4 is 5.71 Å². The van der Waals surface area contributed by atoms with Crippen molar-refractivity contribution in [2.45, 2.75) is 0 Å². The summed E-state index contributed by atoms with van der Waals surface area (Å²) in [5, 5.41) is 9.94. The highest BCUT2D eigenvalue weighted by atomic mass is 16.6. The zero-order valence-corrected chi connectivity index (χ0v) is 5.45. The molecule has 1 aliphatic rings. The minimum Gasteiger partial charge on any atom is -0.373 e. The normalized spacial score (nSPS) is 18.2. The lowest BCUT2D eigenvalue weighted by Gasteiger charge is -2.08. The molecule has 0 spiro atoms. The third-order valence-electron chi connectivity index (χ3n) is 1.15. The van der Waals surface area contributed by atoms with Gasteiger partial charge in [0.15, 0.2) is 0 Å². The van der Waals surface area contributed by atoms with Gasteiger partial charge in [0.05, 0.1) is 19.8 Å². The van der Waals surface area contributed by atoms with E-state index in [0.717, 1.165) is 0 Å². The summed E-state index contributed by atoms with van der Waals surface area (Å²) in [7, 11) is 0. The number of nitrogens with zero attached hydrogens (tertiary/aromatic N) is 2. The van der Waals surface area contributed by atoms with Crippen molar-refractivity contribution in [1.82, 2.24) is 0 Å². The molecule has 0 aromatic carbocycles. The maximum absolute atomic E-state index is 9.94. The average molecular weight is 144 g/mol. The van der Waals surface area contributed by atoms with Gasteiger partial charge in [-0.2, -0.15) is 0 Å². The molecule has 0 bridgehead atoms. The van der Waals surface area contributed by atoms with Gasteiger partial charge in [-0.25, -0.2) is 0 Å². The van der Waals surface area contributed by atoms with E-state index in [1.807, 2.05) is 0 Å². The number of aliphatic imine (C=N–C) groups is 1. The second-order valence-corrected chi connectivity index (χ2v) is 1.99. The summed E-state index contributed by atoms with van der Waals surface area (Å²) in [6.45, 7) is 1.28. The summed E-state index contributed by atoms with van der Waals surface area (Å²) < 4.78 is 4.95. The van der Waals surface area contributed by atoms with Gasteiger partial charge >= 0.3 is 0 Å². The fraction of sp³-hybridized carbons (Fsp3) is 0.800. The Morgan fingerprint density at radius 2 is 2.60 bits per heavy atom. The summed E-state index contributed by atoms with van der Waals surface area (Å²) in [5.74, 6) is 0. The first-order chi connectivity index (χ1) is 4.79. The number of hydrogen-bond donors (Lipinski definition) is 0. The summed E-state index contributed by atoms with van der Waals surface area (Å²) in [4.78, 5) is 13.5. The number of hydrogen-bond acceptors (Lipinski definition) is 4. The molecule has 0 N–H and O–H groups in total. The molecule has 0 unspecified atom stereocenters. The van der Waals surface area contributed by atoms with Crippen LogP contribution in [-0.4, -0.2) is 36.9 Å². The van der Waals surface area contributed by atoms with Crippen LogP contribution in [0, 0.1) is 10.1 Å². The minimum absolute atomic E-state index is 0.181. The van der Waals surface area contributed by atoms with Crippen molar-refractivity contribution in [2.75, 3.05) is 26.3 Å². The van der Waals surface area contributed by atoms with Crippen LogP contribution in [0.3, 0.4) is 0 Å². The molecule has 56 valence electrons. The van der Waals surface area contributed by atoms with Crippen LogP contribution in [0.1, 0.15) is 0 Å². The molecule has 0 aromatic heterocycles. The van der Waals surface area contributed by atoms with Gasteiger partial charge < -0.3 is 4.74 Å². The molecular weight excluding hydrogens is 136 g/mol. The van der Waals surface area contributed by atoms with Crippen LogP contribution in [0.15, 0.2) is 4.99 Å². The molecule has 0 radical (unpaired) electrons. The Bertz CT molecular complexity index is 166. The average Bonchev–Trinajstić information content (AvgIpc) is 1.88. The van der Waals surface area contributed by atoms with Gasteiger partial charge in [-0.05, 0) is 0 Å². The first-order valence-corrected chi connectivity index (χ1v) is 3.01. The van der Waals surface area contributed by atoms with Crippen molar-refractivity contribution in [3.63, 3.8) is 0 Å². The highest BCUT2D eigenvalue weighted by Crippen LogP contribution is 1.91. The predicted molar refractivity (Wildman–Crippen MR) is 35.0 cm³/mol. The van der Waals surface area contributed by atoms with Gasteiger partial charge in [0.2, 0.25) is 6.54 Å². The third kappa shape index (κ3) is 2.10. The lowest BCUT2D eigenvalue weighted by molar-refractivity contribution is -0.463. The lowest BCUT2D eigenvalue weighted by atomic mass is 10.4. The quantitative estimate of drug-likeness (QED) is 0.396. The van der Waals surface area contributed by atoms with Crippen molar-refractivity contribution in [3.05, 3.63) is 10.1 Å². The maximum atomic E-state index is 9.94. The molecule has 1 rings (SSSR count). The van der Waals surface area contributed by atoms with Crippen LogP contribution in [0.2, 0.25) is 0 Å². The van der Waals surface area contributed by atoms with Gasteiger partial charge in [0.25, 0.3) is 0 Å². The Kier molecular flexibility index (Phi) is 2.33. The molecule has 0 aliphatic carbocycles. The zero-order valence-electron chi connectivity index (χ0n) is 5.45. The molecule has 1 heterocycles. The van der Waals surface area contributed by atoms with Crippen LogP contribution in [0.25, 0.3) is 0 Å². The van der Waals surface area contributed by atoms with E-state index in [0.29, 0.717) is 25.5 Å². The van der Waals surface area contributed by atoms with Crippen molar-refractivity contribution in [1.29, 1.82) is 0 Å². The Morgan fingerprint density at radius 3 is 3.10 bits per heavy atom. The highest BCUT2D eigenvalue weighted by Gasteiger charge is 2.10. The molecule has 0 saturated heterocycles. The van der Waals surface area contributed by atoms with E-state index >= 15 is 0 Å². The number of ether oxygens (including phenoxy) is 1. The standard InChI is InChI=1S/C5H8N2O3/c8-7(9)3-5-4-10-2-1-6-5/h1-4H2. The van der Waals surface area contributed by atoms with Crippen LogP contribution < -0.4 is 0 Å². The lowest BCUT2D eigenvalue weighted by Crippen LogP contribution is -2.24. The number of rotatable bonds is 2. The molecule has 10 heavy (non-hydrogen) atoms. The first kappa shape index (κ1) is 7.14. The summed E-state index contributed by atoms with van der Waals surface area (Å²) in [6, 6.07) is 0. The Labute approximate surface area is 57.9 Å². The number of nitro groups is 1. The van der Waals surface area contributed by atoms with E-state index in [9.17, 15) is 10.1 Å². The minimum atomic E-state index is -0.395. The molecule has 0 saturated carbocycles. The van der Waals surface area contributed by atoms with Gasteiger partial charge in [-0.1, -0.05) is 0 Å². The molecule has 0 amide bonds. The van der Waals surface area contributed by atoms with E-state index in [2.05, 4.69) is 4.99 Å². The smallest absolute Gasteiger partial charge is 0.243 e. The highest BCUT2D eigenvalue weighted by molar-refractivity contribution is 5.87. The Balaban J connectivity index is 2.38. The third-order valence-corrected chi connectivity index (χ3v) is 1.15. The van der Waals surface area contributed by atoms with E-state index in [1.165, 1.54) is 0 Å². The Morgan fingerprint density at radius 1 is 1.80 bits per heavy atom. The van der Waals surface area contributed by atoms with Gasteiger partial charge in [0.1, 0.15) is 5.71 Å². The second-order valence-electron chi connectivity index (χ2n) is 1.99. The van der Waals surface area contributed by atoms with Crippen molar-refractivity contribution in [2.24, 2.45) is 4.99 Å². The van der Waals surface area contributed by atoms with Crippen LogP contribution in [-0.2, 0) is 4.74 Å². The van der Waals surface area contributed by atoms with E-state index in [1.54, 1.807) is 0 Å². The first-order valence-electron chi connectivity index (χ1n) is 3.01. The van der Waals surface area contributed by atoms with E-state index in [4.69, 9.17) is 4.74 Å². The molecule has 0 atom stereocenters. The fourth-order valence-electron chi connectivity index (χ4n) is 0.749. The van der Waals surface area contributed by atoms with Crippen molar-refractivity contribution < 1.29 is 9.66 Å². The largest absolute Gasteiger partial charge is 0.373 e. The fourth-order valence-corrected chi connectivity index (χ4v) is 0.749. The molecular formula is C5H8N2O3. The SMILES string of the molecule is O=[N+]([O-])CC1=NCCOC1. The van der Waals surface area contributed by atoms with Crippen LogP contribution in [0.5, 0.6) is 0 Å². The van der Waals surface area contributed by atoms with Crippen LogP contribution >= 0.6 is 0 Å². The zero-order chi connectivity index (χ0) is 7.40. The summed E-state index contributed by atoms with van der Waals surface area (Å²) in [6.07, 6.45) is 0. The molecule has 0 fully saturated rings. The maximum Gasteiger partial charge on any atom is 0.243 e. The second kappa shape index (κ2) is 3.26.